The number of rotatable bonds is 10. The molecule has 1 aromatic heterocycles. The van der Waals surface area contributed by atoms with Crippen LogP contribution in [0.25, 0.3) is 10.2 Å². The zero-order valence-electron chi connectivity index (χ0n) is 20.7. The lowest BCUT2D eigenvalue weighted by atomic mass is 9.99. The van der Waals surface area contributed by atoms with Crippen molar-refractivity contribution in [3.63, 3.8) is 0 Å². The first-order chi connectivity index (χ1) is 18.6. The molecular formula is C31H27N3O2S2. The van der Waals surface area contributed by atoms with Gasteiger partial charge in [-0.1, -0.05) is 103 Å². The van der Waals surface area contributed by atoms with Crippen molar-refractivity contribution in [2.75, 3.05) is 11.1 Å². The number of nitrogens with zero attached hydrogens (tertiary/aromatic N) is 1. The highest BCUT2D eigenvalue weighted by Gasteiger charge is 2.17. The number of carbonyl (C=O) groups excluding carboxylic acids is 2. The van der Waals surface area contributed by atoms with Gasteiger partial charge in [0, 0.05) is 12.1 Å². The van der Waals surface area contributed by atoms with E-state index in [1.54, 1.807) is 0 Å². The van der Waals surface area contributed by atoms with Crippen molar-refractivity contribution in [1.29, 1.82) is 0 Å². The van der Waals surface area contributed by atoms with Crippen molar-refractivity contribution < 1.29 is 9.59 Å². The molecule has 5 aromatic rings. The van der Waals surface area contributed by atoms with Crippen molar-refractivity contribution in [2.24, 2.45) is 0 Å². The molecule has 38 heavy (non-hydrogen) atoms. The van der Waals surface area contributed by atoms with E-state index in [0.29, 0.717) is 12.8 Å². The van der Waals surface area contributed by atoms with Crippen LogP contribution in [0.4, 0.5) is 5.69 Å². The van der Waals surface area contributed by atoms with E-state index in [4.69, 9.17) is 0 Å². The van der Waals surface area contributed by atoms with Crippen LogP contribution in [0, 0.1) is 0 Å². The van der Waals surface area contributed by atoms with Gasteiger partial charge in [0.1, 0.15) is 0 Å². The molecule has 0 saturated carbocycles. The van der Waals surface area contributed by atoms with E-state index in [1.807, 2.05) is 109 Å². The second kappa shape index (κ2) is 12.5. The Morgan fingerprint density at radius 2 is 1.42 bits per heavy atom. The number of fused-ring (bicyclic) bond motifs is 1. The van der Waals surface area contributed by atoms with E-state index in [0.717, 1.165) is 36.9 Å². The summed E-state index contributed by atoms with van der Waals surface area (Å²) in [6, 6.07) is 35.4. The second-order valence-corrected chi connectivity index (χ2v) is 11.1. The molecule has 5 rings (SSSR count). The fourth-order valence-corrected chi connectivity index (χ4v) is 6.07. The van der Waals surface area contributed by atoms with Crippen LogP contribution in [0.5, 0.6) is 0 Å². The number of hydrogen-bond donors (Lipinski definition) is 2. The number of aryl methyl sites for hydroxylation is 1. The average Bonchev–Trinajstić information content (AvgIpc) is 3.37. The molecule has 4 aromatic carbocycles. The van der Waals surface area contributed by atoms with Crippen LogP contribution in [-0.4, -0.2) is 22.6 Å². The smallest absolute Gasteiger partial charge is 0.231 e. The van der Waals surface area contributed by atoms with Crippen molar-refractivity contribution in [1.82, 2.24) is 10.3 Å². The normalized spacial score (nSPS) is 11.0. The third-order valence-electron chi connectivity index (χ3n) is 6.03. The fourth-order valence-electron chi connectivity index (χ4n) is 4.15. The topological polar surface area (TPSA) is 71.1 Å². The monoisotopic (exact) mass is 537 g/mol. The summed E-state index contributed by atoms with van der Waals surface area (Å²) >= 11 is 2.94. The van der Waals surface area contributed by atoms with Gasteiger partial charge in [-0.25, -0.2) is 4.98 Å². The largest absolute Gasteiger partial charge is 0.344 e. The molecule has 0 aliphatic carbocycles. The van der Waals surface area contributed by atoms with E-state index in [-0.39, 0.29) is 23.6 Å². The third kappa shape index (κ3) is 6.88. The number of thiazole rings is 1. The van der Waals surface area contributed by atoms with Gasteiger partial charge in [-0.05, 0) is 41.3 Å². The third-order valence-corrected chi connectivity index (χ3v) is 8.20. The van der Waals surface area contributed by atoms with Gasteiger partial charge in [-0.2, -0.15) is 0 Å². The van der Waals surface area contributed by atoms with Crippen LogP contribution in [0.2, 0.25) is 0 Å². The molecular weight excluding hydrogens is 510 g/mol. The number of carbonyl (C=O) groups is 2. The molecule has 0 spiro atoms. The predicted molar refractivity (Wildman–Crippen MR) is 157 cm³/mol. The highest BCUT2D eigenvalue weighted by atomic mass is 32.2. The summed E-state index contributed by atoms with van der Waals surface area (Å²) < 4.78 is 1.79. The average molecular weight is 538 g/mol. The van der Waals surface area contributed by atoms with E-state index in [9.17, 15) is 9.59 Å². The molecule has 0 saturated heterocycles. The van der Waals surface area contributed by atoms with Crippen LogP contribution < -0.4 is 10.6 Å². The second-order valence-electron chi connectivity index (χ2n) is 8.81. The van der Waals surface area contributed by atoms with Gasteiger partial charge < -0.3 is 10.6 Å². The molecule has 0 atom stereocenters. The zero-order chi connectivity index (χ0) is 26.2. The quantitative estimate of drug-likeness (QED) is 0.191. The number of aromatic nitrogens is 1. The molecule has 2 amide bonds. The summed E-state index contributed by atoms with van der Waals surface area (Å²) in [6.07, 6.45) is 1.13. The van der Waals surface area contributed by atoms with Crippen LogP contribution >= 0.6 is 23.1 Å². The minimum Gasteiger partial charge on any atom is -0.344 e. The van der Waals surface area contributed by atoms with Crippen molar-refractivity contribution >= 4 is 50.8 Å². The SMILES string of the molecule is O=C(CCc1ccccc1)Nc1ccc2nc(SCC(=O)NC(c3ccccc3)c3ccccc3)sc2c1. The molecule has 5 nitrogen and oxygen atoms in total. The first-order valence-electron chi connectivity index (χ1n) is 12.4. The molecule has 0 aliphatic heterocycles. The molecule has 0 radical (unpaired) electrons. The molecule has 190 valence electrons. The lowest BCUT2D eigenvalue weighted by molar-refractivity contribution is -0.119. The molecule has 1 heterocycles. The highest BCUT2D eigenvalue weighted by Crippen LogP contribution is 2.31. The minimum absolute atomic E-state index is 0.0182. The number of anilines is 1. The summed E-state index contributed by atoms with van der Waals surface area (Å²) in [5.41, 5.74) is 4.82. The molecule has 0 fully saturated rings. The number of benzene rings is 4. The highest BCUT2D eigenvalue weighted by molar-refractivity contribution is 8.01. The molecule has 0 aliphatic rings. The van der Waals surface area contributed by atoms with Gasteiger partial charge in [0.15, 0.2) is 4.34 Å². The number of amides is 2. The predicted octanol–water partition coefficient (Wildman–Crippen LogP) is 6.87. The molecule has 7 heteroatoms. The summed E-state index contributed by atoms with van der Waals surface area (Å²) in [6.45, 7) is 0. The fraction of sp³-hybridized carbons (Fsp3) is 0.129. The van der Waals surface area contributed by atoms with Gasteiger partial charge in [0.2, 0.25) is 11.8 Å². The number of nitrogens with one attached hydrogen (secondary N) is 2. The number of thioether (sulfide) groups is 1. The van der Waals surface area contributed by atoms with Crippen molar-refractivity contribution in [3.8, 4) is 0 Å². The van der Waals surface area contributed by atoms with Gasteiger partial charge in [0.05, 0.1) is 22.0 Å². The Bertz CT molecular complexity index is 1470. The van der Waals surface area contributed by atoms with Gasteiger partial charge in [-0.15, -0.1) is 11.3 Å². The van der Waals surface area contributed by atoms with Crippen molar-refractivity contribution in [3.05, 3.63) is 126 Å². The van der Waals surface area contributed by atoms with Crippen LogP contribution in [0.3, 0.4) is 0 Å². The van der Waals surface area contributed by atoms with Gasteiger partial charge in [-0.3, -0.25) is 9.59 Å². The Hall–Kier alpha value is -3.94. The first-order valence-corrected chi connectivity index (χ1v) is 14.2. The maximum atomic E-state index is 12.9. The van der Waals surface area contributed by atoms with E-state index < -0.39 is 0 Å². The van der Waals surface area contributed by atoms with Crippen LogP contribution in [0.1, 0.15) is 29.2 Å². The Balaban J connectivity index is 1.18. The van der Waals surface area contributed by atoms with Gasteiger partial charge >= 0.3 is 0 Å². The van der Waals surface area contributed by atoms with Crippen LogP contribution in [0.15, 0.2) is 114 Å². The van der Waals surface area contributed by atoms with E-state index in [2.05, 4.69) is 15.6 Å². The Morgan fingerprint density at radius 3 is 2.08 bits per heavy atom. The van der Waals surface area contributed by atoms with Crippen molar-refractivity contribution in [2.45, 2.75) is 23.2 Å². The molecule has 0 unspecified atom stereocenters. The summed E-state index contributed by atoms with van der Waals surface area (Å²) in [5.74, 6) is 0.188. The lowest BCUT2D eigenvalue weighted by Gasteiger charge is -2.19. The zero-order valence-corrected chi connectivity index (χ0v) is 22.3. The maximum absolute atomic E-state index is 12.9. The van der Waals surface area contributed by atoms with E-state index >= 15 is 0 Å². The molecule has 0 bridgehead atoms. The Morgan fingerprint density at radius 1 is 0.789 bits per heavy atom. The molecule has 2 N–H and O–H groups in total. The standard InChI is InChI=1S/C31H27N3O2S2/c35-28(19-16-22-10-4-1-5-11-22)32-25-17-18-26-27(20-25)38-31(33-26)37-21-29(36)34-30(23-12-6-2-7-13-23)24-14-8-3-9-15-24/h1-15,17-18,20,30H,16,19,21H2,(H,32,35)(H,34,36). The summed E-state index contributed by atoms with van der Waals surface area (Å²) in [5, 5.41) is 6.16. The summed E-state index contributed by atoms with van der Waals surface area (Å²) in [7, 11) is 0. The summed E-state index contributed by atoms with van der Waals surface area (Å²) in [4.78, 5) is 30.0. The number of hydrogen-bond acceptors (Lipinski definition) is 5. The maximum Gasteiger partial charge on any atom is 0.231 e. The first kappa shape index (κ1) is 25.7. The van der Waals surface area contributed by atoms with Crippen LogP contribution in [-0.2, 0) is 16.0 Å². The Kier molecular flexibility index (Phi) is 8.48. The Labute approximate surface area is 230 Å². The van der Waals surface area contributed by atoms with E-state index in [1.165, 1.54) is 23.1 Å². The lowest BCUT2D eigenvalue weighted by Crippen LogP contribution is -2.30. The minimum atomic E-state index is -0.214. The van der Waals surface area contributed by atoms with Gasteiger partial charge in [0.25, 0.3) is 0 Å².